The molecular formula is C16H16N6O5. The average Bonchev–Trinajstić information content (AvgIpc) is 3.34. The highest BCUT2D eigenvalue weighted by Crippen LogP contribution is 2.14. The number of rotatable bonds is 7. The molecule has 0 aliphatic rings. The molecule has 2 amide bonds. The summed E-state index contributed by atoms with van der Waals surface area (Å²) in [5.74, 6) is -1.52. The van der Waals surface area contributed by atoms with Gasteiger partial charge in [0.05, 0.1) is 24.7 Å². The summed E-state index contributed by atoms with van der Waals surface area (Å²) < 4.78 is 7.68. The number of hydrogen-bond donors (Lipinski definition) is 3. The largest absolute Gasteiger partial charge is 0.476 e. The third-order valence-corrected chi connectivity index (χ3v) is 3.60. The molecule has 0 aliphatic heterocycles. The van der Waals surface area contributed by atoms with Gasteiger partial charge in [-0.3, -0.25) is 19.0 Å². The zero-order valence-corrected chi connectivity index (χ0v) is 14.2. The molecule has 0 aromatic carbocycles. The molecular weight excluding hydrogens is 356 g/mol. The summed E-state index contributed by atoms with van der Waals surface area (Å²) in [5.41, 5.74) is 0.230. The Kier molecular flexibility index (Phi) is 5.01. The molecule has 3 aromatic heterocycles. The van der Waals surface area contributed by atoms with Crippen molar-refractivity contribution in [2.75, 3.05) is 5.32 Å². The molecule has 0 saturated carbocycles. The van der Waals surface area contributed by atoms with E-state index in [2.05, 4.69) is 20.8 Å². The molecule has 0 radical (unpaired) electrons. The number of aromatic carboxylic acids is 1. The van der Waals surface area contributed by atoms with Gasteiger partial charge in [-0.05, 0) is 18.2 Å². The van der Waals surface area contributed by atoms with Gasteiger partial charge in [0.1, 0.15) is 18.0 Å². The van der Waals surface area contributed by atoms with Gasteiger partial charge in [0, 0.05) is 13.2 Å². The Morgan fingerprint density at radius 2 is 2.11 bits per heavy atom. The van der Waals surface area contributed by atoms with Gasteiger partial charge >= 0.3 is 5.97 Å². The third-order valence-electron chi connectivity index (χ3n) is 3.60. The molecule has 0 atom stereocenters. The molecule has 0 aliphatic carbocycles. The van der Waals surface area contributed by atoms with Gasteiger partial charge in [0.15, 0.2) is 5.69 Å². The number of carbonyl (C=O) groups excluding carboxylic acids is 2. The van der Waals surface area contributed by atoms with Gasteiger partial charge in [0.2, 0.25) is 5.91 Å². The molecule has 0 bridgehead atoms. The number of aromatic nitrogens is 4. The van der Waals surface area contributed by atoms with Crippen LogP contribution in [0.2, 0.25) is 0 Å². The average molecular weight is 372 g/mol. The Labute approximate surface area is 152 Å². The van der Waals surface area contributed by atoms with Crippen molar-refractivity contribution < 1.29 is 23.9 Å². The van der Waals surface area contributed by atoms with E-state index in [1.807, 2.05) is 0 Å². The van der Waals surface area contributed by atoms with Gasteiger partial charge in [0.25, 0.3) is 5.91 Å². The number of nitrogens with zero attached hydrogens (tertiary/aromatic N) is 4. The molecule has 3 rings (SSSR count). The van der Waals surface area contributed by atoms with Crippen molar-refractivity contribution in [1.82, 2.24) is 24.9 Å². The summed E-state index contributed by atoms with van der Waals surface area (Å²) in [6.45, 7) is -0.0225. The Balaban J connectivity index is 1.65. The lowest BCUT2D eigenvalue weighted by Crippen LogP contribution is -2.27. The molecule has 0 spiro atoms. The Bertz CT molecular complexity index is 972. The van der Waals surface area contributed by atoms with Gasteiger partial charge < -0.3 is 20.2 Å². The molecule has 0 fully saturated rings. The lowest BCUT2D eigenvalue weighted by Gasteiger charge is -2.08. The number of furan rings is 1. The van der Waals surface area contributed by atoms with Crippen molar-refractivity contribution in [1.29, 1.82) is 0 Å². The Hall–Kier alpha value is -3.89. The fourth-order valence-corrected chi connectivity index (χ4v) is 2.36. The van der Waals surface area contributed by atoms with Crippen LogP contribution in [0.25, 0.3) is 0 Å². The van der Waals surface area contributed by atoms with Crippen LogP contribution in [0.15, 0.2) is 41.3 Å². The number of nitrogens with one attached hydrogen (secondary N) is 2. The Morgan fingerprint density at radius 1 is 1.30 bits per heavy atom. The van der Waals surface area contributed by atoms with Crippen LogP contribution in [0.4, 0.5) is 5.69 Å². The molecule has 0 unspecified atom stereocenters. The lowest BCUT2D eigenvalue weighted by molar-refractivity contribution is -0.116. The first-order valence-corrected chi connectivity index (χ1v) is 7.83. The molecule has 0 saturated heterocycles. The third kappa shape index (κ3) is 4.21. The maximum absolute atomic E-state index is 12.4. The zero-order chi connectivity index (χ0) is 19.4. The predicted molar refractivity (Wildman–Crippen MR) is 90.9 cm³/mol. The van der Waals surface area contributed by atoms with Gasteiger partial charge in [-0.25, -0.2) is 4.79 Å². The minimum Gasteiger partial charge on any atom is -0.476 e. The molecule has 11 heteroatoms. The van der Waals surface area contributed by atoms with Crippen molar-refractivity contribution in [2.45, 2.75) is 13.1 Å². The summed E-state index contributed by atoms with van der Waals surface area (Å²) in [6, 6.07) is 4.72. The number of hydrogen-bond acceptors (Lipinski definition) is 6. The van der Waals surface area contributed by atoms with Crippen molar-refractivity contribution in [3.8, 4) is 0 Å². The molecule has 3 aromatic rings. The van der Waals surface area contributed by atoms with Gasteiger partial charge in [-0.2, -0.15) is 10.2 Å². The first-order valence-electron chi connectivity index (χ1n) is 7.83. The summed E-state index contributed by atoms with van der Waals surface area (Å²) in [5, 5.41) is 21.9. The zero-order valence-electron chi connectivity index (χ0n) is 14.2. The van der Waals surface area contributed by atoms with E-state index < -0.39 is 17.8 Å². The lowest BCUT2D eigenvalue weighted by atomic mass is 10.3. The first-order chi connectivity index (χ1) is 12.9. The highest BCUT2D eigenvalue weighted by atomic mass is 16.4. The van der Waals surface area contributed by atoms with E-state index in [1.165, 1.54) is 34.1 Å². The van der Waals surface area contributed by atoms with E-state index in [0.717, 1.165) is 0 Å². The fourth-order valence-electron chi connectivity index (χ4n) is 2.36. The number of amides is 2. The minimum atomic E-state index is -1.18. The van der Waals surface area contributed by atoms with Crippen LogP contribution < -0.4 is 10.6 Å². The highest BCUT2D eigenvalue weighted by Gasteiger charge is 2.19. The molecule has 3 N–H and O–H groups in total. The quantitative estimate of drug-likeness (QED) is 0.547. The predicted octanol–water partition coefficient (Wildman–Crippen LogP) is 0.477. The SMILES string of the molecule is Cn1ncc(NC(=O)Cn2ccc(C(=O)O)n2)c1C(=O)NCc1ccco1. The second-order valence-corrected chi connectivity index (χ2v) is 5.54. The normalized spacial score (nSPS) is 10.6. The number of carboxylic acids is 1. The molecule has 11 nitrogen and oxygen atoms in total. The highest BCUT2D eigenvalue weighted by molar-refractivity contribution is 6.02. The monoisotopic (exact) mass is 372 g/mol. The standard InChI is InChI=1S/C16H16N6O5/c1-21-14(15(24)17-7-10-3-2-6-27-10)12(8-18-21)19-13(23)9-22-5-4-11(20-22)16(25)26/h2-6,8H,7,9H2,1H3,(H,17,24)(H,19,23)(H,25,26). The van der Waals surface area contributed by atoms with E-state index in [0.29, 0.717) is 5.76 Å². The van der Waals surface area contributed by atoms with E-state index in [1.54, 1.807) is 19.2 Å². The Morgan fingerprint density at radius 3 is 2.78 bits per heavy atom. The van der Waals surface area contributed by atoms with Crippen molar-refractivity contribution in [3.63, 3.8) is 0 Å². The topological polar surface area (TPSA) is 144 Å². The molecule has 3 heterocycles. The van der Waals surface area contributed by atoms with Crippen LogP contribution in [0.5, 0.6) is 0 Å². The van der Waals surface area contributed by atoms with E-state index in [4.69, 9.17) is 9.52 Å². The maximum atomic E-state index is 12.4. The number of carbonyl (C=O) groups is 3. The maximum Gasteiger partial charge on any atom is 0.356 e. The molecule has 27 heavy (non-hydrogen) atoms. The second-order valence-electron chi connectivity index (χ2n) is 5.54. The minimum absolute atomic E-state index is 0.165. The van der Waals surface area contributed by atoms with Crippen molar-refractivity contribution in [3.05, 3.63) is 54.0 Å². The number of carboxylic acid groups (broad SMARTS) is 1. The van der Waals surface area contributed by atoms with Crippen LogP contribution in [-0.2, 0) is 24.9 Å². The van der Waals surface area contributed by atoms with Crippen LogP contribution >= 0.6 is 0 Å². The van der Waals surface area contributed by atoms with Crippen LogP contribution in [0.1, 0.15) is 26.7 Å². The molecule has 140 valence electrons. The first kappa shape index (κ1) is 17.9. The van der Waals surface area contributed by atoms with E-state index >= 15 is 0 Å². The summed E-state index contributed by atoms with van der Waals surface area (Å²) >= 11 is 0. The smallest absolute Gasteiger partial charge is 0.356 e. The van der Waals surface area contributed by atoms with Crippen LogP contribution in [0.3, 0.4) is 0 Å². The summed E-state index contributed by atoms with van der Waals surface area (Å²) in [7, 11) is 1.57. The van der Waals surface area contributed by atoms with E-state index in [-0.39, 0.29) is 30.2 Å². The van der Waals surface area contributed by atoms with Crippen LogP contribution in [-0.4, -0.2) is 42.5 Å². The number of anilines is 1. The second kappa shape index (κ2) is 7.56. The summed E-state index contributed by atoms with van der Waals surface area (Å²) in [6.07, 6.45) is 4.23. The number of aryl methyl sites for hydroxylation is 1. The fraction of sp³-hybridized carbons (Fsp3) is 0.188. The van der Waals surface area contributed by atoms with Crippen LogP contribution in [0, 0.1) is 0 Å². The van der Waals surface area contributed by atoms with Gasteiger partial charge in [-0.15, -0.1) is 0 Å². The van der Waals surface area contributed by atoms with E-state index in [9.17, 15) is 14.4 Å². The van der Waals surface area contributed by atoms with Crippen molar-refractivity contribution in [2.24, 2.45) is 7.05 Å². The van der Waals surface area contributed by atoms with Crippen molar-refractivity contribution >= 4 is 23.5 Å². The summed E-state index contributed by atoms with van der Waals surface area (Å²) in [4.78, 5) is 35.4. The van der Waals surface area contributed by atoms with Gasteiger partial charge in [-0.1, -0.05) is 0 Å².